The van der Waals surface area contributed by atoms with Gasteiger partial charge in [0.05, 0.1) is 13.0 Å². The fourth-order valence-corrected chi connectivity index (χ4v) is 3.97. The molecule has 6 heteroatoms. The number of anilines is 2. The molecule has 0 saturated carbocycles. The summed E-state index contributed by atoms with van der Waals surface area (Å²) in [5.41, 5.74) is 3.38. The third-order valence-electron chi connectivity index (χ3n) is 5.49. The SMILES string of the molecule is CCCCNc1ncc2c(n1)N(Cc1cccc(CN3CCCC3)c1)C(=O)C2. The molecule has 2 aliphatic rings. The van der Waals surface area contributed by atoms with Crippen LogP contribution in [0.4, 0.5) is 11.8 Å². The highest BCUT2D eigenvalue weighted by Gasteiger charge is 2.29. The van der Waals surface area contributed by atoms with Crippen LogP contribution in [-0.4, -0.2) is 40.4 Å². The Labute approximate surface area is 167 Å². The number of unbranched alkanes of at least 4 members (excludes halogenated alkanes) is 1. The van der Waals surface area contributed by atoms with Crippen molar-refractivity contribution in [2.75, 3.05) is 29.9 Å². The Bertz CT molecular complexity index is 831. The molecule has 2 aliphatic heterocycles. The first-order valence-electron chi connectivity index (χ1n) is 10.4. The van der Waals surface area contributed by atoms with Crippen LogP contribution in [0.1, 0.15) is 49.3 Å². The van der Waals surface area contributed by atoms with Gasteiger partial charge in [-0.3, -0.25) is 14.6 Å². The molecular formula is C22H29N5O. The van der Waals surface area contributed by atoms with Gasteiger partial charge in [-0.05, 0) is 43.5 Å². The van der Waals surface area contributed by atoms with Crippen molar-refractivity contribution in [1.82, 2.24) is 14.9 Å². The van der Waals surface area contributed by atoms with Gasteiger partial charge in [-0.2, -0.15) is 4.98 Å². The second-order valence-electron chi connectivity index (χ2n) is 7.78. The lowest BCUT2D eigenvalue weighted by molar-refractivity contribution is -0.117. The third-order valence-corrected chi connectivity index (χ3v) is 5.49. The van der Waals surface area contributed by atoms with Crippen molar-refractivity contribution in [2.24, 2.45) is 0 Å². The Kier molecular flexibility index (Phi) is 5.86. The molecular weight excluding hydrogens is 350 g/mol. The average Bonchev–Trinajstić information content (AvgIpc) is 3.31. The molecule has 6 nitrogen and oxygen atoms in total. The molecule has 3 heterocycles. The molecule has 0 unspecified atom stereocenters. The van der Waals surface area contributed by atoms with Gasteiger partial charge in [0.1, 0.15) is 5.82 Å². The minimum absolute atomic E-state index is 0.0972. The lowest BCUT2D eigenvalue weighted by Gasteiger charge is -2.19. The number of nitrogens with zero attached hydrogens (tertiary/aromatic N) is 4. The zero-order valence-corrected chi connectivity index (χ0v) is 16.7. The van der Waals surface area contributed by atoms with E-state index in [0.29, 0.717) is 18.9 Å². The Hall–Kier alpha value is -2.47. The summed E-state index contributed by atoms with van der Waals surface area (Å²) in [6.07, 6.45) is 6.97. The van der Waals surface area contributed by atoms with E-state index in [1.54, 1.807) is 11.1 Å². The van der Waals surface area contributed by atoms with Gasteiger partial charge < -0.3 is 5.32 Å². The highest BCUT2D eigenvalue weighted by Crippen LogP contribution is 2.29. The molecule has 1 amide bonds. The number of rotatable bonds is 8. The molecule has 0 bridgehead atoms. The predicted octanol–water partition coefficient (Wildman–Crippen LogP) is 3.37. The van der Waals surface area contributed by atoms with E-state index in [1.165, 1.54) is 31.5 Å². The summed E-state index contributed by atoms with van der Waals surface area (Å²) in [5, 5.41) is 3.26. The summed E-state index contributed by atoms with van der Waals surface area (Å²) in [4.78, 5) is 25.9. The van der Waals surface area contributed by atoms with E-state index >= 15 is 0 Å². The number of likely N-dealkylation sites (tertiary alicyclic amines) is 1. The standard InChI is InChI=1S/C22H29N5O/c1-2-3-9-23-22-24-14-19-13-20(28)27(21(19)25-22)16-18-8-6-7-17(12-18)15-26-10-4-5-11-26/h6-8,12,14H,2-5,9-11,13,15-16H2,1H3,(H,23,24,25). The van der Waals surface area contributed by atoms with Gasteiger partial charge >= 0.3 is 0 Å². The van der Waals surface area contributed by atoms with Crippen molar-refractivity contribution in [3.05, 3.63) is 47.2 Å². The van der Waals surface area contributed by atoms with E-state index in [-0.39, 0.29) is 5.91 Å². The van der Waals surface area contributed by atoms with Crippen LogP contribution in [0.3, 0.4) is 0 Å². The van der Waals surface area contributed by atoms with Gasteiger partial charge in [0, 0.05) is 24.8 Å². The van der Waals surface area contributed by atoms with Crippen LogP contribution in [0.2, 0.25) is 0 Å². The maximum absolute atomic E-state index is 12.6. The fourth-order valence-electron chi connectivity index (χ4n) is 3.97. The van der Waals surface area contributed by atoms with E-state index < -0.39 is 0 Å². The van der Waals surface area contributed by atoms with Crippen LogP contribution in [0, 0.1) is 0 Å². The smallest absolute Gasteiger partial charge is 0.233 e. The predicted molar refractivity (Wildman–Crippen MR) is 111 cm³/mol. The fraction of sp³-hybridized carbons (Fsp3) is 0.500. The number of benzene rings is 1. The summed E-state index contributed by atoms with van der Waals surface area (Å²) in [5.74, 6) is 1.46. The molecule has 1 N–H and O–H groups in total. The molecule has 1 aromatic heterocycles. The first-order valence-corrected chi connectivity index (χ1v) is 10.4. The maximum atomic E-state index is 12.6. The average molecular weight is 380 g/mol. The second kappa shape index (κ2) is 8.69. The van der Waals surface area contributed by atoms with Crippen LogP contribution < -0.4 is 10.2 Å². The number of hydrogen-bond acceptors (Lipinski definition) is 5. The summed E-state index contributed by atoms with van der Waals surface area (Å²) in [7, 11) is 0. The quantitative estimate of drug-likeness (QED) is 0.713. The Morgan fingerprint density at radius 1 is 1.14 bits per heavy atom. The van der Waals surface area contributed by atoms with Gasteiger partial charge in [0.2, 0.25) is 11.9 Å². The van der Waals surface area contributed by atoms with E-state index in [0.717, 1.165) is 42.9 Å². The monoisotopic (exact) mass is 379 g/mol. The van der Waals surface area contributed by atoms with Crippen molar-refractivity contribution in [3.63, 3.8) is 0 Å². The zero-order chi connectivity index (χ0) is 19.3. The van der Waals surface area contributed by atoms with Crippen LogP contribution >= 0.6 is 0 Å². The lowest BCUT2D eigenvalue weighted by atomic mass is 10.1. The highest BCUT2D eigenvalue weighted by molar-refractivity contribution is 6.00. The Morgan fingerprint density at radius 2 is 1.93 bits per heavy atom. The van der Waals surface area contributed by atoms with Crippen molar-refractivity contribution in [3.8, 4) is 0 Å². The van der Waals surface area contributed by atoms with Gasteiger partial charge in [-0.1, -0.05) is 37.6 Å². The molecule has 4 rings (SSSR count). The minimum Gasteiger partial charge on any atom is -0.354 e. The van der Waals surface area contributed by atoms with Crippen LogP contribution in [0.5, 0.6) is 0 Å². The van der Waals surface area contributed by atoms with E-state index in [2.05, 4.69) is 51.4 Å². The Balaban J connectivity index is 1.48. The molecule has 0 atom stereocenters. The molecule has 28 heavy (non-hydrogen) atoms. The molecule has 1 saturated heterocycles. The van der Waals surface area contributed by atoms with Crippen LogP contribution in [-0.2, 0) is 24.3 Å². The lowest BCUT2D eigenvalue weighted by Crippen LogP contribution is -2.27. The largest absolute Gasteiger partial charge is 0.354 e. The van der Waals surface area contributed by atoms with E-state index in [4.69, 9.17) is 0 Å². The van der Waals surface area contributed by atoms with Crippen molar-refractivity contribution >= 4 is 17.7 Å². The summed E-state index contributed by atoms with van der Waals surface area (Å²) >= 11 is 0. The number of carbonyl (C=O) groups is 1. The van der Waals surface area contributed by atoms with Crippen molar-refractivity contribution < 1.29 is 4.79 Å². The number of aromatic nitrogens is 2. The minimum atomic E-state index is 0.0972. The maximum Gasteiger partial charge on any atom is 0.233 e. The first-order chi connectivity index (χ1) is 13.7. The number of fused-ring (bicyclic) bond motifs is 1. The van der Waals surface area contributed by atoms with Gasteiger partial charge in [-0.25, -0.2) is 4.98 Å². The normalized spacial score (nSPS) is 16.6. The number of nitrogens with one attached hydrogen (secondary N) is 1. The molecule has 0 aliphatic carbocycles. The molecule has 0 radical (unpaired) electrons. The molecule has 1 aromatic carbocycles. The zero-order valence-electron chi connectivity index (χ0n) is 16.7. The van der Waals surface area contributed by atoms with Gasteiger partial charge in [-0.15, -0.1) is 0 Å². The van der Waals surface area contributed by atoms with Gasteiger partial charge in [0.15, 0.2) is 0 Å². The summed E-state index contributed by atoms with van der Waals surface area (Å²) < 4.78 is 0. The van der Waals surface area contributed by atoms with Crippen LogP contribution in [0.25, 0.3) is 0 Å². The van der Waals surface area contributed by atoms with Crippen LogP contribution in [0.15, 0.2) is 30.5 Å². The highest BCUT2D eigenvalue weighted by atomic mass is 16.2. The first kappa shape index (κ1) is 18.9. The number of carbonyl (C=O) groups excluding carboxylic acids is 1. The number of amides is 1. The number of hydrogen-bond donors (Lipinski definition) is 1. The summed E-state index contributed by atoms with van der Waals surface area (Å²) in [6.45, 7) is 6.93. The third kappa shape index (κ3) is 4.33. The van der Waals surface area contributed by atoms with E-state index in [1.807, 2.05) is 0 Å². The topological polar surface area (TPSA) is 61.4 Å². The van der Waals surface area contributed by atoms with Gasteiger partial charge in [0.25, 0.3) is 0 Å². The van der Waals surface area contributed by atoms with Crippen molar-refractivity contribution in [2.45, 2.75) is 52.1 Å². The Morgan fingerprint density at radius 3 is 2.71 bits per heavy atom. The summed E-state index contributed by atoms with van der Waals surface area (Å²) in [6, 6.07) is 8.60. The van der Waals surface area contributed by atoms with E-state index in [9.17, 15) is 4.79 Å². The van der Waals surface area contributed by atoms with Crippen molar-refractivity contribution in [1.29, 1.82) is 0 Å². The molecule has 2 aromatic rings. The second-order valence-corrected chi connectivity index (χ2v) is 7.78. The molecule has 0 spiro atoms. The molecule has 148 valence electrons. The molecule has 1 fully saturated rings.